The van der Waals surface area contributed by atoms with Crippen LogP contribution in [0.1, 0.15) is 18.4 Å². The summed E-state index contributed by atoms with van der Waals surface area (Å²) in [6, 6.07) is 8.76. The Morgan fingerprint density at radius 3 is 2.61 bits per heavy atom. The summed E-state index contributed by atoms with van der Waals surface area (Å²) in [6.45, 7) is 1.48. The number of anilines is 3. The largest absolute Gasteiger partial charge is 0.393 e. The van der Waals surface area contributed by atoms with Crippen molar-refractivity contribution in [3.8, 4) is 17.5 Å². The number of nitriles is 1. The Morgan fingerprint density at radius 2 is 1.88 bits per heavy atom. The summed E-state index contributed by atoms with van der Waals surface area (Å²) in [5.41, 5.74) is 2.20. The van der Waals surface area contributed by atoms with E-state index in [-0.39, 0.29) is 6.10 Å². The SMILES string of the molecule is N#Cc1cc(Cl)c(-c2nc3ccnc(Nc4cc(N5CCC(O)CC5)ncn4)c3[nH]2)c(Cl)c1. The molecule has 0 bridgehead atoms. The van der Waals surface area contributed by atoms with Gasteiger partial charge in [-0.2, -0.15) is 5.26 Å². The molecular weight excluding hydrogens is 463 g/mol. The molecule has 0 atom stereocenters. The van der Waals surface area contributed by atoms with Gasteiger partial charge >= 0.3 is 0 Å². The quantitative estimate of drug-likeness (QED) is 0.394. The first kappa shape index (κ1) is 21.4. The molecule has 0 unspecified atom stereocenters. The van der Waals surface area contributed by atoms with Gasteiger partial charge in [0.1, 0.15) is 29.3 Å². The molecule has 5 rings (SSSR count). The number of piperidine rings is 1. The number of benzene rings is 1. The van der Waals surface area contributed by atoms with Gasteiger partial charge in [0.2, 0.25) is 0 Å². The number of aliphatic hydroxyl groups excluding tert-OH is 1. The molecule has 0 spiro atoms. The number of fused-ring (bicyclic) bond motifs is 1. The van der Waals surface area contributed by atoms with E-state index >= 15 is 0 Å². The zero-order valence-corrected chi connectivity index (χ0v) is 18.8. The summed E-state index contributed by atoms with van der Waals surface area (Å²) in [5, 5.41) is 22.8. The first-order valence-electron chi connectivity index (χ1n) is 10.3. The summed E-state index contributed by atoms with van der Waals surface area (Å²) in [7, 11) is 0. The van der Waals surface area contributed by atoms with Crippen molar-refractivity contribution < 1.29 is 5.11 Å². The van der Waals surface area contributed by atoms with E-state index in [1.54, 1.807) is 24.4 Å². The molecule has 1 aliphatic rings. The summed E-state index contributed by atoms with van der Waals surface area (Å²) >= 11 is 12.8. The molecule has 1 aromatic carbocycles. The predicted molar refractivity (Wildman–Crippen MR) is 127 cm³/mol. The van der Waals surface area contributed by atoms with Crippen LogP contribution in [0.5, 0.6) is 0 Å². The van der Waals surface area contributed by atoms with Gasteiger partial charge in [-0.1, -0.05) is 23.2 Å². The van der Waals surface area contributed by atoms with Gasteiger partial charge in [-0.05, 0) is 31.0 Å². The number of H-pyrrole nitrogens is 1. The maximum Gasteiger partial charge on any atom is 0.157 e. The molecule has 3 N–H and O–H groups in total. The number of hydrogen-bond acceptors (Lipinski definition) is 8. The number of imidazole rings is 1. The smallest absolute Gasteiger partial charge is 0.157 e. The Morgan fingerprint density at radius 1 is 1.12 bits per heavy atom. The van der Waals surface area contributed by atoms with Crippen LogP contribution >= 0.6 is 23.2 Å². The number of aromatic amines is 1. The number of hydrogen-bond donors (Lipinski definition) is 3. The third kappa shape index (κ3) is 4.28. The van der Waals surface area contributed by atoms with Gasteiger partial charge in [-0.3, -0.25) is 0 Å². The average Bonchev–Trinajstić information content (AvgIpc) is 3.24. The first-order chi connectivity index (χ1) is 16.0. The Bertz CT molecular complexity index is 1350. The number of rotatable bonds is 4. The van der Waals surface area contributed by atoms with Gasteiger partial charge in [0.15, 0.2) is 5.82 Å². The minimum atomic E-state index is -0.254. The molecule has 0 saturated carbocycles. The van der Waals surface area contributed by atoms with E-state index in [1.807, 2.05) is 12.1 Å². The zero-order chi connectivity index (χ0) is 22.9. The number of nitrogens with zero attached hydrogens (tertiary/aromatic N) is 6. The zero-order valence-electron chi connectivity index (χ0n) is 17.3. The van der Waals surface area contributed by atoms with Gasteiger partial charge in [0.05, 0.1) is 38.9 Å². The highest BCUT2D eigenvalue weighted by Gasteiger charge is 2.19. The second kappa shape index (κ2) is 8.83. The van der Waals surface area contributed by atoms with E-state index in [9.17, 15) is 5.11 Å². The van der Waals surface area contributed by atoms with Crippen molar-refractivity contribution in [2.75, 3.05) is 23.3 Å². The van der Waals surface area contributed by atoms with E-state index in [2.05, 4.69) is 35.1 Å². The normalized spacial score (nSPS) is 14.4. The lowest BCUT2D eigenvalue weighted by atomic mass is 10.1. The topological polar surface area (TPSA) is 127 Å². The molecule has 33 heavy (non-hydrogen) atoms. The molecule has 1 saturated heterocycles. The minimum absolute atomic E-state index is 0.254. The second-order valence-corrected chi connectivity index (χ2v) is 8.48. The lowest BCUT2D eigenvalue weighted by Crippen LogP contribution is -2.36. The molecule has 9 nitrogen and oxygen atoms in total. The lowest BCUT2D eigenvalue weighted by molar-refractivity contribution is 0.145. The van der Waals surface area contributed by atoms with Crippen molar-refractivity contribution in [1.82, 2.24) is 24.9 Å². The molecule has 1 aliphatic heterocycles. The number of aliphatic hydroxyl groups is 1. The molecule has 0 radical (unpaired) electrons. The fourth-order valence-corrected chi connectivity index (χ4v) is 4.48. The van der Waals surface area contributed by atoms with Crippen LogP contribution in [-0.4, -0.2) is 49.2 Å². The van der Waals surface area contributed by atoms with Gasteiger partial charge in [0, 0.05) is 25.4 Å². The van der Waals surface area contributed by atoms with E-state index in [0.29, 0.717) is 62.5 Å². The second-order valence-electron chi connectivity index (χ2n) is 7.67. The molecule has 1 fully saturated rings. The summed E-state index contributed by atoms with van der Waals surface area (Å²) < 4.78 is 0. The Kier molecular flexibility index (Phi) is 5.72. The lowest BCUT2D eigenvalue weighted by Gasteiger charge is -2.30. The van der Waals surface area contributed by atoms with Crippen molar-refractivity contribution in [1.29, 1.82) is 5.26 Å². The van der Waals surface area contributed by atoms with Gasteiger partial charge < -0.3 is 20.3 Å². The fraction of sp³-hybridized carbons (Fsp3) is 0.227. The van der Waals surface area contributed by atoms with Crippen LogP contribution in [-0.2, 0) is 0 Å². The van der Waals surface area contributed by atoms with Crippen molar-refractivity contribution in [2.24, 2.45) is 0 Å². The predicted octanol–water partition coefficient (Wildman–Crippen LogP) is 4.30. The molecule has 0 amide bonds. The van der Waals surface area contributed by atoms with Crippen LogP contribution in [0, 0.1) is 11.3 Å². The van der Waals surface area contributed by atoms with Crippen LogP contribution < -0.4 is 10.2 Å². The van der Waals surface area contributed by atoms with Crippen molar-refractivity contribution >= 4 is 51.7 Å². The van der Waals surface area contributed by atoms with E-state index in [1.165, 1.54) is 6.33 Å². The molecule has 11 heteroatoms. The summed E-state index contributed by atoms with van der Waals surface area (Å²) in [6.07, 6.45) is 4.31. The van der Waals surface area contributed by atoms with E-state index in [4.69, 9.17) is 28.5 Å². The average molecular weight is 481 g/mol. The number of nitrogens with one attached hydrogen (secondary N) is 2. The Hall–Kier alpha value is -3.45. The van der Waals surface area contributed by atoms with Crippen molar-refractivity contribution in [3.05, 3.63) is 52.4 Å². The number of halogens is 2. The van der Waals surface area contributed by atoms with E-state index < -0.39 is 0 Å². The van der Waals surface area contributed by atoms with Gasteiger partial charge in [0.25, 0.3) is 0 Å². The number of aromatic nitrogens is 5. The molecule has 3 aromatic heterocycles. The van der Waals surface area contributed by atoms with Crippen LogP contribution in [0.2, 0.25) is 10.0 Å². The van der Waals surface area contributed by atoms with Crippen molar-refractivity contribution in [3.63, 3.8) is 0 Å². The summed E-state index contributed by atoms with van der Waals surface area (Å²) in [4.78, 5) is 23.1. The first-order valence-corrected chi connectivity index (χ1v) is 11.0. The monoisotopic (exact) mass is 480 g/mol. The molecule has 4 aromatic rings. The Balaban J connectivity index is 1.47. The van der Waals surface area contributed by atoms with Crippen molar-refractivity contribution in [2.45, 2.75) is 18.9 Å². The maximum absolute atomic E-state index is 9.75. The molecular formula is C22H18Cl2N8O. The fourth-order valence-electron chi connectivity index (χ4n) is 3.82. The Labute approximate surface area is 199 Å². The highest BCUT2D eigenvalue weighted by atomic mass is 35.5. The standard InChI is InChI=1S/C22H18Cl2N8O/c23-14-7-12(10-25)8-15(24)19(14)21-29-16-1-4-26-22(20(16)31-21)30-17-9-18(28-11-27-17)32-5-2-13(33)3-6-32/h1,4,7-9,11,13,33H,2-3,5-6H2,(H,29,31)(H,26,27,28,30). The summed E-state index contributed by atoms with van der Waals surface area (Å²) in [5.74, 6) is 2.37. The third-order valence-corrected chi connectivity index (χ3v) is 6.10. The van der Waals surface area contributed by atoms with Crippen LogP contribution in [0.25, 0.3) is 22.4 Å². The van der Waals surface area contributed by atoms with Crippen LogP contribution in [0.4, 0.5) is 17.5 Å². The van der Waals surface area contributed by atoms with Gasteiger partial charge in [-0.25, -0.2) is 19.9 Å². The number of pyridine rings is 1. The van der Waals surface area contributed by atoms with E-state index in [0.717, 1.165) is 18.9 Å². The minimum Gasteiger partial charge on any atom is -0.393 e. The maximum atomic E-state index is 9.75. The highest BCUT2D eigenvalue weighted by molar-refractivity contribution is 6.39. The molecule has 4 heterocycles. The van der Waals surface area contributed by atoms with Crippen LogP contribution in [0.3, 0.4) is 0 Å². The molecule has 166 valence electrons. The van der Waals surface area contributed by atoms with Gasteiger partial charge in [-0.15, -0.1) is 0 Å². The highest BCUT2D eigenvalue weighted by Crippen LogP contribution is 2.36. The van der Waals surface area contributed by atoms with Crippen LogP contribution in [0.15, 0.2) is 36.8 Å². The molecule has 0 aliphatic carbocycles. The third-order valence-electron chi connectivity index (χ3n) is 5.50.